The first kappa shape index (κ1) is 16.7. The van der Waals surface area contributed by atoms with Gasteiger partial charge in [-0.2, -0.15) is 0 Å². The number of carbonyl (C=O) groups excluding carboxylic acids is 2. The van der Waals surface area contributed by atoms with Crippen LogP contribution in [0.5, 0.6) is 0 Å². The molecule has 0 radical (unpaired) electrons. The van der Waals surface area contributed by atoms with Crippen LogP contribution in [0.15, 0.2) is 18.2 Å². The number of aliphatic hydroxyl groups is 1. The summed E-state index contributed by atoms with van der Waals surface area (Å²) in [6, 6.07) is 3.48. The number of fused-ring (bicyclic) bond motifs is 1. The summed E-state index contributed by atoms with van der Waals surface area (Å²) in [6.45, 7) is 1.20. The molecule has 1 saturated heterocycles. The second-order valence-corrected chi connectivity index (χ2v) is 6.22. The Morgan fingerprint density at radius 1 is 1.25 bits per heavy atom. The van der Waals surface area contributed by atoms with Crippen molar-refractivity contribution in [3.05, 3.63) is 35.1 Å². The number of ether oxygens (including phenoxy) is 1. The Hall–Kier alpha value is -2.15. The summed E-state index contributed by atoms with van der Waals surface area (Å²) in [5, 5.41) is 9.62. The number of hydrogen-bond donors (Lipinski definition) is 1. The summed E-state index contributed by atoms with van der Waals surface area (Å²) in [5.74, 6) is -0.689. The average molecular weight is 336 g/mol. The number of aliphatic hydroxyl groups excluding tert-OH is 1. The molecular formula is C17H21FN2O4. The first-order valence-electron chi connectivity index (χ1n) is 8.11. The number of likely N-dealkylation sites (tertiary alicyclic amines) is 1. The topological polar surface area (TPSA) is 70.1 Å². The van der Waals surface area contributed by atoms with Crippen LogP contribution in [0, 0.1) is 5.82 Å². The zero-order valence-corrected chi connectivity index (χ0v) is 13.6. The monoisotopic (exact) mass is 336 g/mol. The van der Waals surface area contributed by atoms with Crippen molar-refractivity contribution in [2.24, 2.45) is 0 Å². The van der Waals surface area contributed by atoms with Gasteiger partial charge < -0.3 is 14.7 Å². The van der Waals surface area contributed by atoms with Crippen molar-refractivity contribution in [2.45, 2.75) is 31.4 Å². The van der Waals surface area contributed by atoms with Gasteiger partial charge in [-0.05, 0) is 42.5 Å². The lowest BCUT2D eigenvalue weighted by molar-refractivity contribution is -0.139. The van der Waals surface area contributed by atoms with Gasteiger partial charge in [-0.3, -0.25) is 9.69 Å². The van der Waals surface area contributed by atoms with Gasteiger partial charge in [0.05, 0.1) is 13.2 Å². The van der Waals surface area contributed by atoms with Gasteiger partial charge in [0.1, 0.15) is 11.9 Å². The number of methoxy groups -OCH3 is 1. The Morgan fingerprint density at radius 2 is 1.96 bits per heavy atom. The molecular weight excluding hydrogens is 315 g/mol. The van der Waals surface area contributed by atoms with Gasteiger partial charge in [0.15, 0.2) is 0 Å². The van der Waals surface area contributed by atoms with Gasteiger partial charge in [-0.1, -0.05) is 6.07 Å². The fourth-order valence-corrected chi connectivity index (χ4v) is 3.43. The van der Waals surface area contributed by atoms with E-state index in [9.17, 15) is 19.1 Å². The Labute approximate surface area is 139 Å². The van der Waals surface area contributed by atoms with Crippen molar-refractivity contribution in [3.63, 3.8) is 0 Å². The number of nitrogens with zero attached hydrogens (tertiary/aromatic N) is 2. The fraction of sp³-hybridized carbons (Fsp3) is 0.529. The second kappa shape index (κ2) is 6.76. The summed E-state index contributed by atoms with van der Waals surface area (Å²) >= 11 is 0. The average Bonchev–Trinajstić information content (AvgIpc) is 2.60. The number of piperidine rings is 1. The molecule has 0 bridgehead atoms. The minimum Gasteiger partial charge on any atom is -0.453 e. The number of benzene rings is 1. The number of hydrogen-bond acceptors (Lipinski definition) is 4. The molecule has 0 aliphatic carbocycles. The molecule has 0 saturated carbocycles. The van der Waals surface area contributed by atoms with Crippen molar-refractivity contribution in [3.8, 4) is 0 Å². The Bertz CT molecular complexity index is 643. The molecule has 7 heteroatoms. The van der Waals surface area contributed by atoms with Gasteiger partial charge in [0.2, 0.25) is 5.91 Å². The van der Waals surface area contributed by atoms with Crippen LogP contribution < -0.4 is 0 Å². The zero-order valence-electron chi connectivity index (χ0n) is 13.6. The highest BCUT2D eigenvalue weighted by molar-refractivity contribution is 5.88. The van der Waals surface area contributed by atoms with Gasteiger partial charge in [-0.25, -0.2) is 9.18 Å². The minimum atomic E-state index is -0.882. The highest BCUT2D eigenvalue weighted by atomic mass is 19.1. The van der Waals surface area contributed by atoms with Gasteiger partial charge in [-0.15, -0.1) is 0 Å². The highest BCUT2D eigenvalue weighted by Crippen LogP contribution is 2.33. The lowest BCUT2D eigenvalue weighted by Gasteiger charge is -2.39. The number of halogens is 1. The van der Waals surface area contributed by atoms with Gasteiger partial charge in [0, 0.05) is 19.6 Å². The molecule has 2 aliphatic rings. The minimum absolute atomic E-state index is 0.251. The number of rotatable bonds is 1. The molecule has 0 spiro atoms. The van der Waals surface area contributed by atoms with Crippen LogP contribution >= 0.6 is 0 Å². The first-order chi connectivity index (χ1) is 11.5. The molecule has 0 aromatic heterocycles. The maximum Gasteiger partial charge on any atom is 0.410 e. The molecule has 2 amide bonds. The fourth-order valence-electron chi connectivity index (χ4n) is 3.43. The molecule has 1 N–H and O–H groups in total. The molecule has 3 rings (SSSR count). The lowest BCUT2D eigenvalue weighted by atomic mass is 9.91. The highest BCUT2D eigenvalue weighted by Gasteiger charge is 2.39. The molecule has 2 heterocycles. The largest absolute Gasteiger partial charge is 0.453 e. The molecule has 24 heavy (non-hydrogen) atoms. The van der Waals surface area contributed by atoms with E-state index in [0.717, 1.165) is 5.56 Å². The van der Waals surface area contributed by atoms with E-state index in [2.05, 4.69) is 0 Å². The molecule has 1 fully saturated rings. The van der Waals surface area contributed by atoms with Crippen molar-refractivity contribution in [2.75, 3.05) is 26.7 Å². The third-order valence-corrected chi connectivity index (χ3v) is 4.76. The van der Waals surface area contributed by atoms with Crippen LogP contribution in [0.2, 0.25) is 0 Å². The normalized spacial score (nSPS) is 21.4. The summed E-state index contributed by atoms with van der Waals surface area (Å²) in [7, 11) is 1.27. The van der Waals surface area contributed by atoms with Crippen LogP contribution in [0.1, 0.15) is 30.0 Å². The van der Waals surface area contributed by atoms with E-state index in [0.29, 0.717) is 44.5 Å². The molecule has 130 valence electrons. The van der Waals surface area contributed by atoms with E-state index >= 15 is 0 Å². The van der Waals surface area contributed by atoms with E-state index < -0.39 is 24.1 Å². The van der Waals surface area contributed by atoms with Crippen LogP contribution in [0.3, 0.4) is 0 Å². The third-order valence-electron chi connectivity index (χ3n) is 4.76. The smallest absolute Gasteiger partial charge is 0.410 e. The summed E-state index contributed by atoms with van der Waals surface area (Å²) in [4.78, 5) is 28.1. The third kappa shape index (κ3) is 3.08. The summed E-state index contributed by atoms with van der Waals surface area (Å²) in [6.07, 6.45) is 0.564. The van der Waals surface area contributed by atoms with E-state index in [4.69, 9.17) is 4.74 Å². The van der Waals surface area contributed by atoms with Crippen LogP contribution in [0.25, 0.3) is 0 Å². The van der Waals surface area contributed by atoms with Crippen LogP contribution in [0.4, 0.5) is 9.18 Å². The van der Waals surface area contributed by atoms with E-state index in [1.54, 1.807) is 11.0 Å². The second-order valence-electron chi connectivity index (χ2n) is 6.22. The van der Waals surface area contributed by atoms with E-state index in [-0.39, 0.29) is 5.91 Å². The quantitative estimate of drug-likeness (QED) is 0.843. The van der Waals surface area contributed by atoms with Gasteiger partial charge in [0.25, 0.3) is 0 Å². The SMILES string of the molecule is COC(=O)N1CCc2ccc(F)cc2[C@@H]1C(=O)N1CCC(O)CC1. The van der Waals surface area contributed by atoms with Crippen molar-refractivity contribution >= 4 is 12.0 Å². The summed E-state index contributed by atoms with van der Waals surface area (Å²) < 4.78 is 18.5. The molecule has 1 aromatic rings. The Morgan fingerprint density at radius 3 is 2.62 bits per heavy atom. The standard InChI is InChI=1S/C17H21FN2O4/c1-24-17(23)20-9-4-11-2-3-12(18)10-14(11)15(20)16(22)19-7-5-13(21)6-8-19/h2-3,10,13,15,21H,4-9H2,1H3/t15-/m1/s1. The predicted octanol–water partition coefficient (Wildman–Crippen LogP) is 1.47. The first-order valence-corrected chi connectivity index (χ1v) is 8.11. The summed E-state index contributed by atoms with van der Waals surface area (Å²) in [5.41, 5.74) is 1.38. The van der Waals surface area contributed by atoms with E-state index in [1.807, 2.05) is 0 Å². The molecule has 1 aromatic carbocycles. The van der Waals surface area contributed by atoms with Crippen molar-refractivity contribution in [1.29, 1.82) is 0 Å². The predicted molar refractivity (Wildman–Crippen MR) is 83.8 cm³/mol. The molecule has 1 atom stereocenters. The van der Waals surface area contributed by atoms with E-state index in [1.165, 1.54) is 24.1 Å². The molecule has 0 unspecified atom stereocenters. The number of carbonyl (C=O) groups is 2. The molecule has 6 nitrogen and oxygen atoms in total. The van der Waals surface area contributed by atoms with Gasteiger partial charge >= 0.3 is 6.09 Å². The zero-order chi connectivity index (χ0) is 17.3. The Balaban J connectivity index is 1.94. The van der Waals surface area contributed by atoms with Crippen LogP contribution in [-0.4, -0.2) is 59.8 Å². The maximum absolute atomic E-state index is 13.7. The van der Waals surface area contributed by atoms with Crippen LogP contribution in [-0.2, 0) is 16.0 Å². The maximum atomic E-state index is 13.7. The Kier molecular flexibility index (Phi) is 4.71. The van der Waals surface area contributed by atoms with Crippen molar-refractivity contribution in [1.82, 2.24) is 9.80 Å². The number of amides is 2. The lowest BCUT2D eigenvalue weighted by Crippen LogP contribution is -2.50. The van der Waals surface area contributed by atoms with Crippen molar-refractivity contribution < 1.29 is 23.8 Å². The molecule has 2 aliphatic heterocycles.